The molecular formula is C10H18N4O2. The van der Waals surface area contributed by atoms with Crippen LogP contribution in [0.3, 0.4) is 0 Å². The van der Waals surface area contributed by atoms with Gasteiger partial charge in [0.1, 0.15) is 5.82 Å². The van der Waals surface area contributed by atoms with Gasteiger partial charge in [-0.15, -0.1) is 0 Å². The molecule has 0 bridgehead atoms. The first-order valence-corrected chi connectivity index (χ1v) is 5.19. The third-order valence-corrected chi connectivity index (χ3v) is 2.18. The van der Waals surface area contributed by atoms with E-state index in [9.17, 15) is 0 Å². The average Bonchev–Trinajstić information content (AvgIpc) is 2.26. The van der Waals surface area contributed by atoms with Gasteiger partial charge in [0, 0.05) is 19.2 Å². The number of nitrogen functional groups attached to an aromatic ring is 1. The van der Waals surface area contributed by atoms with Crippen molar-refractivity contribution < 1.29 is 9.84 Å². The normalized spacial score (nSPS) is 12.2. The molecule has 0 spiro atoms. The highest BCUT2D eigenvalue weighted by Gasteiger charge is 2.04. The molecule has 0 aliphatic carbocycles. The summed E-state index contributed by atoms with van der Waals surface area (Å²) in [6, 6.07) is 1.68. The van der Waals surface area contributed by atoms with Crippen molar-refractivity contribution in [3.8, 4) is 5.88 Å². The number of nitrogens with zero attached hydrogens (tertiary/aromatic N) is 2. The number of anilines is 2. The molecule has 0 saturated carbocycles. The number of aromatic nitrogens is 2. The van der Waals surface area contributed by atoms with Crippen molar-refractivity contribution in [2.45, 2.75) is 13.3 Å². The molecule has 1 aromatic rings. The van der Waals surface area contributed by atoms with Gasteiger partial charge in [-0.05, 0) is 12.3 Å². The first-order chi connectivity index (χ1) is 7.65. The summed E-state index contributed by atoms with van der Waals surface area (Å²) in [7, 11) is 1.53. The summed E-state index contributed by atoms with van der Waals surface area (Å²) in [5.41, 5.74) is 5.52. The zero-order valence-electron chi connectivity index (χ0n) is 9.60. The summed E-state index contributed by atoms with van der Waals surface area (Å²) in [6.45, 7) is 2.96. The van der Waals surface area contributed by atoms with Gasteiger partial charge in [-0.3, -0.25) is 0 Å². The van der Waals surface area contributed by atoms with Crippen molar-refractivity contribution >= 4 is 11.8 Å². The van der Waals surface area contributed by atoms with Gasteiger partial charge in [-0.2, -0.15) is 9.97 Å². The molecule has 0 fully saturated rings. The fourth-order valence-electron chi connectivity index (χ4n) is 1.24. The van der Waals surface area contributed by atoms with Crippen LogP contribution in [-0.4, -0.2) is 35.3 Å². The van der Waals surface area contributed by atoms with E-state index in [0.29, 0.717) is 17.6 Å². The second-order valence-electron chi connectivity index (χ2n) is 3.65. The average molecular weight is 226 g/mol. The van der Waals surface area contributed by atoms with Crippen LogP contribution in [0.5, 0.6) is 5.88 Å². The van der Waals surface area contributed by atoms with E-state index in [-0.39, 0.29) is 12.6 Å². The van der Waals surface area contributed by atoms with Crippen LogP contribution in [0.15, 0.2) is 6.07 Å². The van der Waals surface area contributed by atoms with Gasteiger partial charge in [0.25, 0.3) is 0 Å². The molecule has 0 aromatic carbocycles. The van der Waals surface area contributed by atoms with Crippen molar-refractivity contribution in [3.63, 3.8) is 0 Å². The molecule has 1 atom stereocenters. The van der Waals surface area contributed by atoms with Crippen molar-refractivity contribution in [2.24, 2.45) is 5.92 Å². The van der Waals surface area contributed by atoms with Crippen LogP contribution in [0.25, 0.3) is 0 Å². The molecule has 1 unspecified atom stereocenters. The lowest BCUT2D eigenvalue weighted by molar-refractivity contribution is 0.266. The topological polar surface area (TPSA) is 93.3 Å². The third-order valence-electron chi connectivity index (χ3n) is 2.18. The smallest absolute Gasteiger partial charge is 0.225 e. The van der Waals surface area contributed by atoms with E-state index < -0.39 is 0 Å². The molecule has 1 heterocycles. The van der Waals surface area contributed by atoms with Crippen LogP contribution in [0.2, 0.25) is 0 Å². The van der Waals surface area contributed by atoms with Gasteiger partial charge in [-0.1, -0.05) is 6.92 Å². The van der Waals surface area contributed by atoms with E-state index in [1.807, 2.05) is 6.92 Å². The van der Waals surface area contributed by atoms with Crippen LogP contribution in [-0.2, 0) is 0 Å². The number of methoxy groups -OCH3 is 1. The van der Waals surface area contributed by atoms with Gasteiger partial charge in [-0.25, -0.2) is 0 Å². The standard InChI is InChI=1S/C10H18N4O2/c1-7(3-4-15)6-12-8-5-9(16-2)14-10(11)13-8/h5,7,15H,3-4,6H2,1-2H3,(H3,11,12,13,14). The molecule has 0 radical (unpaired) electrons. The quantitative estimate of drug-likeness (QED) is 0.654. The van der Waals surface area contributed by atoms with Crippen LogP contribution in [0.1, 0.15) is 13.3 Å². The van der Waals surface area contributed by atoms with Crippen molar-refractivity contribution in [2.75, 3.05) is 31.3 Å². The minimum absolute atomic E-state index is 0.177. The van der Waals surface area contributed by atoms with Crippen LogP contribution >= 0.6 is 0 Å². The van der Waals surface area contributed by atoms with E-state index >= 15 is 0 Å². The Morgan fingerprint density at radius 2 is 2.31 bits per heavy atom. The Morgan fingerprint density at radius 1 is 1.56 bits per heavy atom. The molecule has 4 N–H and O–H groups in total. The van der Waals surface area contributed by atoms with Crippen LogP contribution in [0.4, 0.5) is 11.8 Å². The van der Waals surface area contributed by atoms with Gasteiger partial charge in [0.05, 0.1) is 7.11 Å². The fraction of sp³-hybridized carbons (Fsp3) is 0.600. The van der Waals surface area contributed by atoms with Gasteiger partial charge in [0.2, 0.25) is 11.8 Å². The molecule has 0 aliphatic rings. The minimum Gasteiger partial charge on any atom is -0.481 e. The summed E-state index contributed by atoms with van der Waals surface area (Å²) in [5, 5.41) is 11.9. The zero-order valence-corrected chi connectivity index (χ0v) is 9.60. The lowest BCUT2D eigenvalue weighted by Gasteiger charge is -2.12. The molecule has 16 heavy (non-hydrogen) atoms. The Labute approximate surface area is 94.9 Å². The number of hydrogen-bond acceptors (Lipinski definition) is 6. The number of nitrogens with two attached hydrogens (primary N) is 1. The van der Waals surface area contributed by atoms with Gasteiger partial charge in [0.15, 0.2) is 0 Å². The zero-order chi connectivity index (χ0) is 12.0. The number of ether oxygens (including phenoxy) is 1. The molecule has 90 valence electrons. The molecule has 6 heteroatoms. The fourth-order valence-corrected chi connectivity index (χ4v) is 1.24. The molecule has 6 nitrogen and oxygen atoms in total. The maximum Gasteiger partial charge on any atom is 0.225 e. The third kappa shape index (κ3) is 3.90. The SMILES string of the molecule is COc1cc(NCC(C)CCO)nc(N)n1. The lowest BCUT2D eigenvalue weighted by Crippen LogP contribution is -2.14. The van der Waals surface area contributed by atoms with Gasteiger partial charge >= 0.3 is 0 Å². The van der Waals surface area contributed by atoms with E-state index in [1.54, 1.807) is 6.07 Å². The Morgan fingerprint density at radius 3 is 2.94 bits per heavy atom. The summed E-state index contributed by atoms with van der Waals surface area (Å²) in [6.07, 6.45) is 0.755. The first kappa shape index (κ1) is 12.5. The van der Waals surface area contributed by atoms with Crippen LogP contribution < -0.4 is 15.8 Å². The molecule has 1 rings (SSSR count). The number of aliphatic hydroxyl groups is 1. The lowest BCUT2D eigenvalue weighted by atomic mass is 10.1. The van der Waals surface area contributed by atoms with E-state index in [2.05, 4.69) is 15.3 Å². The summed E-state index contributed by atoms with van der Waals surface area (Å²) in [5.74, 6) is 1.61. The maximum absolute atomic E-state index is 8.77. The number of rotatable bonds is 6. The Balaban J connectivity index is 2.56. The molecule has 0 aliphatic heterocycles. The molecule has 0 amide bonds. The monoisotopic (exact) mass is 226 g/mol. The van der Waals surface area contributed by atoms with Crippen molar-refractivity contribution in [1.82, 2.24) is 9.97 Å². The Kier molecular flexibility index (Phi) is 4.78. The Hall–Kier alpha value is -1.56. The number of nitrogens with one attached hydrogen (secondary N) is 1. The van der Waals surface area contributed by atoms with Gasteiger partial charge < -0.3 is 20.9 Å². The van der Waals surface area contributed by atoms with E-state index in [1.165, 1.54) is 7.11 Å². The van der Waals surface area contributed by atoms with E-state index in [4.69, 9.17) is 15.6 Å². The largest absolute Gasteiger partial charge is 0.481 e. The summed E-state index contributed by atoms with van der Waals surface area (Å²) < 4.78 is 4.98. The first-order valence-electron chi connectivity index (χ1n) is 5.19. The number of aliphatic hydroxyl groups excluding tert-OH is 1. The molecular weight excluding hydrogens is 208 g/mol. The highest BCUT2D eigenvalue weighted by molar-refractivity contribution is 5.42. The Bertz CT molecular complexity index is 333. The highest BCUT2D eigenvalue weighted by atomic mass is 16.5. The van der Waals surface area contributed by atoms with Crippen molar-refractivity contribution in [1.29, 1.82) is 0 Å². The van der Waals surface area contributed by atoms with Crippen LogP contribution in [0, 0.1) is 5.92 Å². The summed E-state index contributed by atoms with van der Waals surface area (Å²) in [4.78, 5) is 7.91. The van der Waals surface area contributed by atoms with E-state index in [0.717, 1.165) is 13.0 Å². The second-order valence-corrected chi connectivity index (χ2v) is 3.65. The predicted molar refractivity (Wildman–Crippen MR) is 62.4 cm³/mol. The minimum atomic E-state index is 0.177. The summed E-state index contributed by atoms with van der Waals surface area (Å²) >= 11 is 0. The number of hydrogen-bond donors (Lipinski definition) is 3. The second kappa shape index (κ2) is 6.12. The molecule has 0 saturated heterocycles. The highest BCUT2D eigenvalue weighted by Crippen LogP contribution is 2.14. The maximum atomic E-state index is 8.77. The van der Waals surface area contributed by atoms with Crippen molar-refractivity contribution in [3.05, 3.63) is 6.07 Å². The molecule has 1 aromatic heterocycles. The predicted octanol–water partition coefficient (Wildman–Crippen LogP) is 0.498.